The molecule has 4 aliphatic rings. The predicted molar refractivity (Wildman–Crippen MR) is 91.9 cm³/mol. The molecule has 0 amide bonds. The molecule has 4 aliphatic carbocycles. The van der Waals surface area contributed by atoms with E-state index in [1.165, 1.54) is 32.1 Å². The van der Waals surface area contributed by atoms with Gasteiger partial charge in [-0.25, -0.2) is 0 Å². The fraction of sp³-hybridized carbons (Fsp3) is 0.857. The molecule has 0 bridgehead atoms. The topological polar surface area (TPSA) is 37.3 Å². The molecule has 7 atom stereocenters. The van der Waals surface area contributed by atoms with Crippen molar-refractivity contribution in [2.75, 3.05) is 0 Å². The van der Waals surface area contributed by atoms with Crippen molar-refractivity contribution in [2.45, 2.75) is 78.2 Å². The standard InChI is InChI=1S/C21H32O2/c1-13(22)17-6-7-18-16-5-4-14-12-15(23)8-10-20(14,2)19(16)9-11-21(17,18)3/h7,14-17,19,23H,4-6,8-12H2,1-3H3/t14-,15+,16-,17+,19-,20-,21+/m1/s1. The number of rotatable bonds is 1. The Kier molecular flexibility index (Phi) is 3.58. The third-order valence-corrected chi connectivity index (χ3v) is 8.53. The smallest absolute Gasteiger partial charge is 0.134 e. The first-order valence-electron chi connectivity index (χ1n) is 9.75. The van der Waals surface area contributed by atoms with Crippen molar-refractivity contribution < 1.29 is 9.90 Å². The number of aliphatic hydroxyl groups excluding tert-OH is 1. The van der Waals surface area contributed by atoms with Crippen LogP contribution in [0.3, 0.4) is 0 Å². The zero-order valence-electron chi connectivity index (χ0n) is 15.0. The van der Waals surface area contributed by atoms with Crippen molar-refractivity contribution in [3.63, 3.8) is 0 Å². The van der Waals surface area contributed by atoms with Gasteiger partial charge in [0, 0.05) is 5.92 Å². The van der Waals surface area contributed by atoms with Crippen LogP contribution >= 0.6 is 0 Å². The Hall–Kier alpha value is -0.630. The van der Waals surface area contributed by atoms with Crippen LogP contribution in [0.5, 0.6) is 0 Å². The molecule has 0 aromatic heterocycles. The summed E-state index contributed by atoms with van der Waals surface area (Å²) in [5, 5.41) is 10.1. The Labute approximate surface area is 140 Å². The van der Waals surface area contributed by atoms with E-state index in [2.05, 4.69) is 19.9 Å². The Morgan fingerprint density at radius 2 is 1.96 bits per heavy atom. The lowest BCUT2D eigenvalue weighted by Crippen LogP contribution is -2.52. The second-order valence-corrected chi connectivity index (χ2v) is 9.44. The molecule has 0 aromatic rings. The molecule has 23 heavy (non-hydrogen) atoms. The van der Waals surface area contributed by atoms with E-state index in [9.17, 15) is 9.90 Å². The molecule has 3 fully saturated rings. The number of hydrogen-bond acceptors (Lipinski definition) is 2. The van der Waals surface area contributed by atoms with Gasteiger partial charge in [-0.05, 0) is 86.9 Å². The number of ketones is 1. The Morgan fingerprint density at radius 3 is 2.70 bits per heavy atom. The first kappa shape index (κ1) is 15.9. The van der Waals surface area contributed by atoms with Gasteiger partial charge in [-0.15, -0.1) is 0 Å². The number of fused-ring (bicyclic) bond motifs is 5. The van der Waals surface area contributed by atoms with E-state index in [1.807, 2.05) is 0 Å². The van der Waals surface area contributed by atoms with Crippen LogP contribution in [-0.4, -0.2) is 17.0 Å². The Balaban J connectivity index is 1.64. The van der Waals surface area contributed by atoms with Crippen LogP contribution in [0.25, 0.3) is 0 Å². The molecule has 1 N–H and O–H groups in total. The predicted octanol–water partition coefficient (Wildman–Crippen LogP) is 4.52. The first-order valence-corrected chi connectivity index (χ1v) is 9.75. The highest BCUT2D eigenvalue weighted by atomic mass is 16.3. The summed E-state index contributed by atoms with van der Waals surface area (Å²) in [4.78, 5) is 12.1. The molecule has 0 aliphatic heterocycles. The molecule has 0 unspecified atom stereocenters. The third-order valence-electron chi connectivity index (χ3n) is 8.53. The van der Waals surface area contributed by atoms with Crippen molar-refractivity contribution in [1.29, 1.82) is 0 Å². The quantitative estimate of drug-likeness (QED) is 0.722. The SMILES string of the molecule is CC(=O)[C@@H]1CC=C2[C@H]3CC[C@@H]4C[C@@H](O)CC[C@@]4(C)[C@@H]3CC[C@]21C. The number of carbonyl (C=O) groups is 1. The van der Waals surface area contributed by atoms with Crippen LogP contribution in [0.2, 0.25) is 0 Å². The summed E-state index contributed by atoms with van der Waals surface area (Å²) >= 11 is 0. The van der Waals surface area contributed by atoms with Crippen molar-refractivity contribution >= 4 is 5.78 Å². The van der Waals surface area contributed by atoms with Gasteiger partial charge >= 0.3 is 0 Å². The maximum atomic E-state index is 12.1. The molecule has 0 aromatic carbocycles. The van der Waals surface area contributed by atoms with Gasteiger partial charge in [-0.2, -0.15) is 0 Å². The summed E-state index contributed by atoms with van der Waals surface area (Å²) in [7, 11) is 0. The fourth-order valence-electron chi connectivity index (χ4n) is 7.18. The normalized spacial score (nSPS) is 52.2. The molecule has 2 nitrogen and oxygen atoms in total. The van der Waals surface area contributed by atoms with Crippen LogP contribution in [0, 0.1) is 34.5 Å². The highest BCUT2D eigenvalue weighted by molar-refractivity contribution is 5.80. The summed E-state index contributed by atoms with van der Waals surface area (Å²) in [6, 6.07) is 0. The lowest BCUT2D eigenvalue weighted by Gasteiger charge is -2.59. The first-order chi connectivity index (χ1) is 10.9. The van der Waals surface area contributed by atoms with Gasteiger partial charge in [0.05, 0.1) is 6.10 Å². The molecular weight excluding hydrogens is 284 g/mol. The van der Waals surface area contributed by atoms with Gasteiger partial charge in [0.1, 0.15) is 5.78 Å². The minimum absolute atomic E-state index is 0.0636. The number of allylic oxidation sites excluding steroid dienone is 2. The van der Waals surface area contributed by atoms with Gasteiger partial charge in [0.25, 0.3) is 0 Å². The fourth-order valence-corrected chi connectivity index (χ4v) is 7.18. The van der Waals surface area contributed by atoms with Gasteiger partial charge in [-0.1, -0.05) is 25.5 Å². The number of carbonyl (C=O) groups excluding carboxylic acids is 1. The Bertz CT molecular complexity index is 550. The molecule has 4 rings (SSSR count). The van der Waals surface area contributed by atoms with E-state index in [4.69, 9.17) is 0 Å². The summed E-state index contributed by atoms with van der Waals surface area (Å²) in [6.45, 7) is 6.67. The number of Topliss-reactive ketones (excluding diaryl/α,β-unsaturated/α-hetero) is 1. The van der Waals surface area contributed by atoms with Crippen LogP contribution < -0.4 is 0 Å². The van der Waals surface area contributed by atoms with E-state index in [1.54, 1.807) is 12.5 Å². The van der Waals surface area contributed by atoms with Crippen molar-refractivity contribution in [3.8, 4) is 0 Å². The van der Waals surface area contributed by atoms with Gasteiger partial charge in [0.2, 0.25) is 0 Å². The summed E-state index contributed by atoms with van der Waals surface area (Å²) in [6.07, 6.45) is 11.6. The molecule has 0 saturated heterocycles. The molecule has 0 radical (unpaired) electrons. The van der Waals surface area contributed by atoms with E-state index in [0.29, 0.717) is 23.0 Å². The third kappa shape index (κ3) is 2.13. The molecule has 128 valence electrons. The number of aliphatic hydroxyl groups is 1. The molecule has 0 heterocycles. The number of hydrogen-bond donors (Lipinski definition) is 1. The maximum Gasteiger partial charge on any atom is 0.134 e. The minimum Gasteiger partial charge on any atom is -0.393 e. The summed E-state index contributed by atoms with van der Waals surface area (Å²) in [5.41, 5.74) is 2.20. The zero-order chi connectivity index (χ0) is 16.4. The zero-order valence-corrected chi connectivity index (χ0v) is 15.0. The average molecular weight is 316 g/mol. The monoisotopic (exact) mass is 316 g/mol. The molecule has 2 heteroatoms. The molecular formula is C21H32O2. The van der Waals surface area contributed by atoms with Crippen LogP contribution in [-0.2, 0) is 4.79 Å². The lowest BCUT2D eigenvalue weighted by atomic mass is 9.46. The van der Waals surface area contributed by atoms with E-state index >= 15 is 0 Å². The highest BCUT2D eigenvalue weighted by Crippen LogP contribution is 2.65. The van der Waals surface area contributed by atoms with Crippen LogP contribution in [0.1, 0.15) is 72.1 Å². The summed E-state index contributed by atoms with van der Waals surface area (Å²) in [5.74, 6) is 2.81. The minimum atomic E-state index is -0.0636. The highest BCUT2D eigenvalue weighted by Gasteiger charge is 2.57. The second kappa shape index (κ2) is 5.18. The van der Waals surface area contributed by atoms with Crippen LogP contribution in [0.15, 0.2) is 11.6 Å². The largest absolute Gasteiger partial charge is 0.393 e. The van der Waals surface area contributed by atoms with Crippen molar-refractivity contribution in [2.24, 2.45) is 34.5 Å². The van der Waals surface area contributed by atoms with Gasteiger partial charge in [0.15, 0.2) is 0 Å². The average Bonchev–Trinajstić information content (AvgIpc) is 2.85. The lowest BCUT2D eigenvalue weighted by molar-refractivity contribution is -0.125. The van der Waals surface area contributed by atoms with Gasteiger partial charge < -0.3 is 5.11 Å². The Morgan fingerprint density at radius 1 is 1.17 bits per heavy atom. The van der Waals surface area contributed by atoms with E-state index in [0.717, 1.165) is 25.2 Å². The van der Waals surface area contributed by atoms with E-state index in [-0.39, 0.29) is 17.4 Å². The van der Waals surface area contributed by atoms with Crippen molar-refractivity contribution in [3.05, 3.63) is 11.6 Å². The maximum absolute atomic E-state index is 12.1. The van der Waals surface area contributed by atoms with Crippen molar-refractivity contribution in [1.82, 2.24) is 0 Å². The molecule has 0 spiro atoms. The van der Waals surface area contributed by atoms with Crippen LogP contribution in [0.4, 0.5) is 0 Å². The van der Waals surface area contributed by atoms with E-state index < -0.39 is 0 Å². The second-order valence-electron chi connectivity index (χ2n) is 9.44. The molecule has 3 saturated carbocycles. The summed E-state index contributed by atoms with van der Waals surface area (Å²) < 4.78 is 0. The van der Waals surface area contributed by atoms with Gasteiger partial charge in [-0.3, -0.25) is 4.79 Å².